The van der Waals surface area contributed by atoms with Gasteiger partial charge in [-0.15, -0.1) is 0 Å². The topological polar surface area (TPSA) is 86.0 Å². The highest BCUT2D eigenvalue weighted by molar-refractivity contribution is 5.50. The van der Waals surface area contributed by atoms with Crippen LogP contribution in [0.15, 0.2) is 30.6 Å². The van der Waals surface area contributed by atoms with Crippen LogP contribution in [0.3, 0.4) is 0 Å². The molecule has 0 aromatic carbocycles. The average Bonchev–Trinajstić information content (AvgIpc) is 2.38. The van der Waals surface area contributed by atoms with Crippen LogP contribution in [-0.2, 0) is 6.61 Å². The molecule has 0 aliphatic heterocycles. The van der Waals surface area contributed by atoms with Crippen LogP contribution in [0.4, 0.5) is 11.8 Å². The number of nitrogen functional groups attached to an aromatic ring is 1. The summed E-state index contributed by atoms with van der Waals surface area (Å²) in [4.78, 5) is 12.1. The Morgan fingerprint density at radius 1 is 1.35 bits per heavy atom. The summed E-state index contributed by atoms with van der Waals surface area (Å²) in [5.74, 6) is 1.32. The van der Waals surface area contributed by atoms with Gasteiger partial charge in [-0.2, -0.15) is 4.98 Å². The Bertz CT molecular complexity index is 488. The molecule has 17 heavy (non-hydrogen) atoms. The number of hydrogen-bond acceptors (Lipinski definition) is 6. The lowest BCUT2D eigenvalue weighted by Gasteiger charge is -2.09. The zero-order valence-corrected chi connectivity index (χ0v) is 9.42. The molecule has 6 nitrogen and oxygen atoms in total. The fraction of sp³-hybridized carbons (Fsp3) is 0.182. The molecule has 0 fully saturated rings. The summed E-state index contributed by atoms with van der Waals surface area (Å²) in [7, 11) is 1.75. The van der Waals surface area contributed by atoms with E-state index < -0.39 is 0 Å². The minimum atomic E-state index is 0.208. The highest BCUT2D eigenvalue weighted by Gasteiger charge is 2.05. The van der Waals surface area contributed by atoms with E-state index in [0.29, 0.717) is 18.2 Å². The standard InChI is InChI=1S/C11H13N5O/c1-13-10-9(6-15-11(12)16-10)17-7-8-4-2-3-5-14-8/h2-6H,7H2,1H3,(H3,12,13,15,16). The van der Waals surface area contributed by atoms with Gasteiger partial charge in [0.25, 0.3) is 0 Å². The molecule has 0 aliphatic carbocycles. The van der Waals surface area contributed by atoms with Crippen LogP contribution < -0.4 is 15.8 Å². The Balaban J connectivity index is 2.09. The zero-order valence-electron chi connectivity index (χ0n) is 9.42. The van der Waals surface area contributed by atoms with Crippen molar-refractivity contribution in [2.45, 2.75) is 6.61 Å². The molecule has 2 rings (SSSR count). The van der Waals surface area contributed by atoms with Gasteiger partial charge >= 0.3 is 0 Å². The molecule has 0 unspecified atom stereocenters. The van der Waals surface area contributed by atoms with E-state index in [1.54, 1.807) is 13.2 Å². The highest BCUT2D eigenvalue weighted by atomic mass is 16.5. The lowest BCUT2D eigenvalue weighted by atomic mass is 10.4. The third-order valence-corrected chi connectivity index (χ3v) is 2.11. The first-order valence-corrected chi connectivity index (χ1v) is 5.12. The third kappa shape index (κ3) is 2.81. The van der Waals surface area contributed by atoms with Crippen LogP contribution in [0.1, 0.15) is 5.69 Å². The summed E-state index contributed by atoms with van der Waals surface area (Å²) in [5.41, 5.74) is 6.32. The number of ether oxygens (including phenoxy) is 1. The second-order valence-corrected chi connectivity index (χ2v) is 3.30. The average molecular weight is 231 g/mol. The summed E-state index contributed by atoms with van der Waals surface area (Å²) >= 11 is 0. The predicted molar refractivity (Wildman–Crippen MR) is 64.6 cm³/mol. The second kappa shape index (κ2) is 5.11. The van der Waals surface area contributed by atoms with E-state index in [-0.39, 0.29) is 5.95 Å². The number of nitrogens with two attached hydrogens (primary N) is 1. The van der Waals surface area contributed by atoms with Crippen molar-refractivity contribution in [3.05, 3.63) is 36.3 Å². The molecule has 2 aromatic heterocycles. The van der Waals surface area contributed by atoms with Crippen LogP contribution in [0.2, 0.25) is 0 Å². The highest BCUT2D eigenvalue weighted by Crippen LogP contribution is 2.21. The Hall–Kier alpha value is -2.37. The maximum absolute atomic E-state index is 5.56. The lowest BCUT2D eigenvalue weighted by Crippen LogP contribution is -2.05. The molecular formula is C11H13N5O. The van der Waals surface area contributed by atoms with Gasteiger partial charge in [-0.1, -0.05) is 6.07 Å². The van der Waals surface area contributed by atoms with Gasteiger partial charge < -0.3 is 15.8 Å². The van der Waals surface area contributed by atoms with Crippen molar-refractivity contribution < 1.29 is 4.74 Å². The van der Waals surface area contributed by atoms with Crippen LogP contribution >= 0.6 is 0 Å². The minimum absolute atomic E-state index is 0.208. The summed E-state index contributed by atoms with van der Waals surface area (Å²) in [6.45, 7) is 0.364. The van der Waals surface area contributed by atoms with Crippen LogP contribution in [0, 0.1) is 0 Å². The van der Waals surface area contributed by atoms with Gasteiger partial charge in [-0.3, -0.25) is 4.98 Å². The van der Waals surface area contributed by atoms with Gasteiger partial charge in [-0.05, 0) is 12.1 Å². The van der Waals surface area contributed by atoms with Gasteiger partial charge in [0, 0.05) is 13.2 Å². The number of nitrogens with one attached hydrogen (secondary N) is 1. The monoisotopic (exact) mass is 231 g/mol. The van der Waals surface area contributed by atoms with Crippen molar-refractivity contribution in [1.82, 2.24) is 15.0 Å². The minimum Gasteiger partial charge on any atom is -0.482 e. The second-order valence-electron chi connectivity index (χ2n) is 3.30. The maximum atomic E-state index is 5.56. The number of nitrogens with zero attached hydrogens (tertiary/aromatic N) is 3. The molecule has 0 radical (unpaired) electrons. The van der Waals surface area contributed by atoms with Gasteiger partial charge in [0.1, 0.15) is 6.61 Å². The van der Waals surface area contributed by atoms with E-state index in [1.807, 2.05) is 18.2 Å². The van der Waals surface area contributed by atoms with Gasteiger partial charge in [0.15, 0.2) is 11.6 Å². The van der Waals surface area contributed by atoms with Crippen molar-refractivity contribution in [3.8, 4) is 5.75 Å². The molecular weight excluding hydrogens is 218 g/mol. The summed E-state index contributed by atoms with van der Waals surface area (Å²) in [5, 5.41) is 2.90. The summed E-state index contributed by atoms with van der Waals surface area (Å²) in [6.07, 6.45) is 3.26. The summed E-state index contributed by atoms with van der Waals surface area (Å²) in [6, 6.07) is 5.65. The number of aromatic nitrogens is 3. The van der Waals surface area contributed by atoms with Crippen molar-refractivity contribution in [2.24, 2.45) is 0 Å². The molecule has 0 amide bonds. The molecule has 0 atom stereocenters. The van der Waals surface area contributed by atoms with E-state index in [0.717, 1.165) is 5.69 Å². The van der Waals surface area contributed by atoms with E-state index in [4.69, 9.17) is 10.5 Å². The predicted octanol–water partition coefficient (Wildman–Crippen LogP) is 1.07. The van der Waals surface area contributed by atoms with Gasteiger partial charge in [-0.25, -0.2) is 4.98 Å². The fourth-order valence-electron chi connectivity index (χ4n) is 1.30. The normalized spacial score (nSPS) is 9.94. The quantitative estimate of drug-likeness (QED) is 0.818. The molecule has 0 saturated heterocycles. The van der Waals surface area contributed by atoms with Gasteiger partial charge in [0.05, 0.1) is 11.9 Å². The zero-order chi connectivity index (χ0) is 12.1. The molecule has 2 heterocycles. The Kier molecular flexibility index (Phi) is 3.34. The molecule has 3 N–H and O–H groups in total. The Labute approximate surface area is 98.9 Å². The molecule has 2 aromatic rings. The molecule has 88 valence electrons. The van der Waals surface area contributed by atoms with Crippen LogP contribution in [0.5, 0.6) is 5.75 Å². The van der Waals surface area contributed by atoms with Crippen LogP contribution in [-0.4, -0.2) is 22.0 Å². The third-order valence-electron chi connectivity index (χ3n) is 2.11. The number of anilines is 2. The molecule has 0 saturated carbocycles. The Morgan fingerprint density at radius 2 is 2.24 bits per heavy atom. The summed E-state index contributed by atoms with van der Waals surface area (Å²) < 4.78 is 5.56. The SMILES string of the molecule is CNc1nc(N)ncc1OCc1ccccn1. The first kappa shape index (κ1) is 11.1. The van der Waals surface area contributed by atoms with E-state index in [2.05, 4.69) is 20.3 Å². The van der Waals surface area contributed by atoms with Crippen molar-refractivity contribution >= 4 is 11.8 Å². The number of rotatable bonds is 4. The number of pyridine rings is 1. The van der Waals surface area contributed by atoms with Crippen molar-refractivity contribution in [2.75, 3.05) is 18.1 Å². The largest absolute Gasteiger partial charge is 0.482 e. The van der Waals surface area contributed by atoms with E-state index >= 15 is 0 Å². The first-order valence-electron chi connectivity index (χ1n) is 5.12. The van der Waals surface area contributed by atoms with Crippen molar-refractivity contribution in [3.63, 3.8) is 0 Å². The number of hydrogen-bond donors (Lipinski definition) is 2. The first-order chi connectivity index (χ1) is 8.29. The van der Waals surface area contributed by atoms with E-state index in [1.165, 1.54) is 6.20 Å². The molecule has 0 spiro atoms. The molecule has 0 aliphatic rings. The lowest BCUT2D eigenvalue weighted by molar-refractivity contribution is 0.300. The fourth-order valence-corrected chi connectivity index (χ4v) is 1.30. The Morgan fingerprint density at radius 3 is 2.94 bits per heavy atom. The smallest absolute Gasteiger partial charge is 0.222 e. The van der Waals surface area contributed by atoms with E-state index in [9.17, 15) is 0 Å². The van der Waals surface area contributed by atoms with Crippen LogP contribution in [0.25, 0.3) is 0 Å². The maximum Gasteiger partial charge on any atom is 0.222 e. The van der Waals surface area contributed by atoms with Gasteiger partial charge in [0.2, 0.25) is 5.95 Å². The molecule has 6 heteroatoms. The van der Waals surface area contributed by atoms with Crippen molar-refractivity contribution in [1.29, 1.82) is 0 Å². The molecule has 0 bridgehead atoms.